The Kier molecular flexibility index (Phi) is 7.32. The van der Waals surface area contributed by atoms with Crippen molar-refractivity contribution < 1.29 is 12.8 Å². The maximum atomic E-state index is 12.9. The summed E-state index contributed by atoms with van der Waals surface area (Å²) < 4.78 is 40.4. The molecule has 8 heteroatoms. The van der Waals surface area contributed by atoms with Crippen LogP contribution in [-0.2, 0) is 16.6 Å². The molecule has 0 fully saturated rings. The number of rotatable bonds is 7. The number of aliphatic imine (C=N–C) groups is 1. The number of hydrogen-bond donors (Lipinski definition) is 3. The van der Waals surface area contributed by atoms with E-state index in [-0.39, 0.29) is 12.4 Å². The molecule has 0 aliphatic carbocycles. The van der Waals surface area contributed by atoms with Crippen molar-refractivity contribution in [2.24, 2.45) is 4.99 Å². The molecule has 6 nitrogen and oxygen atoms in total. The fourth-order valence-electron chi connectivity index (χ4n) is 2.45. The van der Waals surface area contributed by atoms with Gasteiger partial charge in [0.1, 0.15) is 5.82 Å². The van der Waals surface area contributed by atoms with Gasteiger partial charge in [0.05, 0.1) is 4.90 Å². The van der Waals surface area contributed by atoms with Crippen LogP contribution in [0.2, 0.25) is 0 Å². The van der Waals surface area contributed by atoms with Crippen molar-refractivity contribution in [1.29, 1.82) is 0 Å². The van der Waals surface area contributed by atoms with Gasteiger partial charge in [-0.3, -0.25) is 4.99 Å². The number of halogens is 1. The maximum Gasteiger partial charge on any atom is 0.240 e. The minimum absolute atomic E-state index is 0.215. The van der Waals surface area contributed by atoms with Crippen molar-refractivity contribution in [2.75, 3.05) is 20.1 Å². The molecule has 0 atom stereocenters. The average Bonchev–Trinajstić information content (AvgIpc) is 2.64. The van der Waals surface area contributed by atoms with Gasteiger partial charge in [0.25, 0.3) is 0 Å². The maximum absolute atomic E-state index is 12.9. The first-order valence-corrected chi connectivity index (χ1v) is 10.1. The second-order valence-corrected chi connectivity index (χ2v) is 7.88. The van der Waals surface area contributed by atoms with E-state index in [1.807, 2.05) is 13.0 Å². The Hall–Kier alpha value is -2.45. The van der Waals surface area contributed by atoms with E-state index in [4.69, 9.17) is 0 Å². The Morgan fingerprint density at radius 1 is 1.04 bits per heavy atom. The number of guanidine groups is 1. The first-order chi connectivity index (χ1) is 12.8. The lowest BCUT2D eigenvalue weighted by molar-refractivity contribution is 0.579. The second kappa shape index (κ2) is 9.48. The topological polar surface area (TPSA) is 82.6 Å². The van der Waals surface area contributed by atoms with Gasteiger partial charge in [-0.15, -0.1) is 0 Å². The summed E-state index contributed by atoms with van der Waals surface area (Å²) in [5.41, 5.74) is 2.51. The van der Waals surface area contributed by atoms with Crippen LogP contribution >= 0.6 is 0 Å². The quantitative estimate of drug-likeness (QED) is 0.383. The molecule has 0 heterocycles. The molecule has 0 unspecified atom stereocenters. The smallest absolute Gasteiger partial charge is 0.240 e. The van der Waals surface area contributed by atoms with Crippen LogP contribution in [0.5, 0.6) is 0 Å². The molecule has 3 N–H and O–H groups in total. The third kappa shape index (κ3) is 6.33. The highest BCUT2D eigenvalue weighted by Crippen LogP contribution is 2.16. The molecular formula is C19H25FN4O2S. The standard InChI is InChI=1S/C19H25FN4O2S/c1-14-4-5-15(2)18(12-14)27(25,26)24-11-10-22-19(21-3)23-13-16-6-8-17(20)9-7-16/h4-9,12,24H,10-11,13H2,1-3H3,(H2,21,22,23). The van der Waals surface area contributed by atoms with E-state index in [1.165, 1.54) is 12.1 Å². The zero-order valence-corrected chi connectivity index (χ0v) is 16.5. The summed E-state index contributed by atoms with van der Waals surface area (Å²) in [5.74, 6) is 0.252. The molecule has 0 bridgehead atoms. The predicted octanol–water partition coefficient (Wildman–Crippen LogP) is 2.09. The number of aryl methyl sites for hydroxylation is 2. The number of nitrogens with one attached hydrogen (secondary N) is 3. The minimum atomic E-state index is -3.56. The molecule has 2 aromatic rings. The summed E-state index contributed by atoms with van der Waals surface area (Å²) in [4.78, 5) is 4.37. The molecule has 0 saturated heterocycles. The molecule has 0 amide bonds. The average molecular weight is 393 g/mol. The fraction of sp³-hybridized carbons (Fsp3) is 0.316. The van der Waals surface area contributed by atoms with Crippen LogP contribution in [0.1, 0.15) is 16.7 Å². The minimum Gasteiger partial charge on any atom is -0.355 e. The lowest BCUT2D eigenvalue weighted by Gasteiger charge is -2.13. The van der Waals surface area contributed by atoms with Crippen LogP contribution in [0.15, 0.2) is 52.4 Å². The molecule has 0 radical (unpaired) electrons. The van der Waals surface area contributed by atoms with Gasteiger partial charge in [-0.2, -0.15) is 0 Å². The van der Waals surface area contributed by atoms with E-state index in [2.05, 4.69) is 20.3 Å². The van der Waals surface area contributed by atoms with Gasteiger partial charge in [0.2, 0.25) is 10.0 Å². The summed E-state index contributed by atoms with van der Waals surface area (Å²) in [5, 5.41) is 6.13. The molecule has 0 spiro atoms. The van der Waals surface area contributed by atoms with Crippen molar-refractivity contribution in [3.63, 3.8) is 0 Å². The third-order valence-corrected chi connectivity index (χ3v) is 5.54. The van der Waals surface area contributed by atoms with Crippen molar-refractivity contribution in [3.05, 3.63) is 65.0 Å². The van der Waals surface area contributed by atoms with Crippen LogP contribution in [0, 0.1) is 19.7 Å². The van der Waals surface area contributed by atoms with Crippen LogP contribution in [0.3, 0.4) is 0 Å². The Morgan fingerprint density at radius 2 is 1.74 bits per heavy atom. The molecule has 0 saturated carbocycles. The van der Waals surface area contributed by atoms with Crippen molar-refractivity contribution >= 4 is 16.0 Å². The SMILES string of the molecule is CN=C(NCCNS(=O)(=O)c1cc(C)ccc1C)NCc1ccc(F)cc1. The summed E-state index contributed by atoms with van der Waals surface area (Å²) in [6.07, 6.45) is 0. The summed E-state index contributed by atoms with van der Waals surface area (Å²) in [6, 6.07) is 11.5. The monoisotopic (exact) mass is 392 g/mol. The normalized spacial score (nSPS) is 12.1. The van der Waals surface area contributed by atoms with Gasteiger partial charge in [0.15, 0.2) is 5.96 Å². The van der Waals surface area contributed by atoms with Gasteiger partial charge in [-0.25, -0.2) is 17.5 Å². The van der Waals surface area contributed by atoms with Crippen molar-refractivity contribution in [3.8, 4) is 0 Å². The van der Waals surface area contributed by atoms with Gasteiger partial charge >= 0.3 is 0 Å². The Morgan fingerprint density at radius 3 is 2.41 bits per heavy atom. The first kappa shape index (κ1) is 20.9. The molecule has 2 rings (SSSR count). The highest BCUT2D eigenvalue weighted by atomic mass is 32.2. The van der Waals surface area contributed by atoms with E-state index in [0.29, 0.717) is 29.5 Å². The summed E-state index contributed by atoms with van der Waals surface area (Å²) in [7, 11) is -1.94. The Balaban J connectivity index is 1.82. The lowest BCUT2D eigenvalue weighted by atomic mass is 10.2. The first-order valence-electron chi connectivity index (χ1n) is 8.57. The largest absolute Gasteiger partial charge is 0.355 e. The third-order valence-electron chi connectivity index (χ3n) is 3.94. The molecule has 0 aliphatic rings. The van der Waals surface area contributed by atoms with E-state index in [1.54, 1.807) is 38.2 Å². The second-order valence-electron chi connectivity index (χ2n) is 6.15. The van der Waals surface area contributed by atoms with Gasteiger partial charge < -0.3 is 10.6 Å². The van der Waals surface area contributed by atoms with Crippen molar-refractivity contribution in [2.45, 2.75) is 25.3 Å². The number of sulfonamides is 1. The molecule has 146 valence electrons. The number of nitrogens with zero attached hydrogens (tertiary/aromatic N) is 1. The van der Waals surface area contributed by atoms with Crippen LogP contribution in [0.4, 0.5) is 4.39 Å². The molecule has 0 aliphatic heterocycles. The van der Waals surface area contributed by atoms with Gasteiger partial charge in [-0.1, -0.05) is 24.3 Å². The number of benzene rings is 2. The highest BCUT2D eigenvalue weighted by Gasteiger charge is 2.16. The van der Waals surface area contributed by atoms with E-state index >= 15 is 0 Å². The van der Waals surface area contributed by atoms with E-state index in [9.17, 15) is 12.8 Å². The summed E-state index contributed by atoms with van der Waals surface area (Å²) >= 11 is 0. The zero-order valence-electron chi connectivity index (χ0n) is 15.7. The zero-order chi connectivity index (χ0) is 19.9. The van der Waals surface area contributed by atoms with Gasteiger partial charge in [-0.05, 0) is 48.7 Å². The number of hydrogen-bond acceptors (Lipinski definition) is 3. The van der Waals surface area contributed by atoms with Crippen LogP contribution < -0.4 is 15.4 Å². The molecule has 2 aromatic carbocycles. The Bertz CT molecular complexity index is 896. The van der Waals surface area contributed by atoms with Crippen LogP contribution in [0.25, 0.3) is 0 Å². The molecule has 27 heavy (non-hydrogen) atoms. The van der Waals surface area contributed by atoms with E-state index < -0.39 is 10.0 Å². The van der Waals surface area contributed by atoms with Gasteiger partial charge in [0, 0.05) is 26.7 Å². The predicted molar refractivity (Wildman–Crippen MR) is 106 cm³/mol. The highest BCUT2D eigenvalue weighted by molar-refractivity contribution is 7.89. The molecule has 0 aromatic heterocycles. The van der Waals surface area contributed by atoms with Crippen molar-refractivity contribution in [1.82, 2.24) is 15.4 Å². The molecular weight excluding hydrogens is 367 g/mol. The lowest BCUT2D eigenvalue weighted by Crippen LogP contribution is -2.41. The fourth-order valence-corrected chi connectivity index (χ4v) is 3.81. The Labute approximate surface area is 160 Å². The van der Waals surface area contributed by atoms with E-state index in [0.717, 1.165) is 11.1 Å². The van der Waals surface area contributed by atoms with Crippen LogP contribution in [-0.4, -0.2) is 34.5 Å². The summed E-state index contributed by atoms with van der Waals surface area (Å²) in [6.45, 7) is 4.69.